The Labute approximate surface area is 60.7 Å². The number of nitrogens with one attached hydrogen (secondary N) is 1. The van der Waals surface area contributed by atoms with Crippen LogP contribution in [0, 0.1) is 0 Å². The number of aliphatic hydroxyl groups excluding tert-OH is 1. The molecule has 0 saturated heterocycles. The van der Waals surface area contributed by atoms with Crippen molar-refractivity contribution >= 4 is 0 Å². The molecule has 0 aromatic rings. The number of aliphatic hydroxyl groups is 1. The van der Waals surface area contributed by atoms with Crippen molar-refractivity contribution in [3.8, 4) is 0 Å². The summed E-state index contributed by atoms with van der Waals surface area (Å²) in [6.45, 7) is 3.14. The number of hydrogen-bond acceptors (Lipinski definition) is 2. The maximum absolute atomic E-state index is 11.8. The fourth-order valence-electron chi connectivity index (χ4n) is 0.623. The van der Waals surface area contributed by atoms with Crippen molar-refractivity contribution in [1.82, 2.24) is 5.32 Å². The van der Waals surface area contributed by atoms with E-state index in [1.807, 2.05) is 0 Å². The lowest BCUT2D eigenvalue weighted by Crippen LogP contribution is -2.26. The molecule has 0 spiro atoms. The lowest BCUT2D eigenvalue weighted by Gasteiger charge is -2.10. The summed E-state index contributed by atoms with van der Waals surface area (Å²) in [6, 6.07) is -0.164. The van der Waals surface area contributed by atoms with Crippen molar-refractivity contribution in [3.63, 3.8) is 0 Å². The second-order valence-electron chi connectivity index (χ2n) is 2.27. The van der Waals surface area contributed by atoms with Crippen LogP contribution >= 0.6 is 0 Å². The van der Waals surface area contributed by atoms with Crippen LogP contribution in [0.25, 0.3) is 0 Å². The predicted molar refractivity (Wildman–Crippen MR) is 39.4 cm³/mol. The molecule has 10 heavy (non-hydrogen) atoms. The van der Waals surface area contributed by atoms with E-state index >= 15 is 0 Å². The SMILES string of the molecule is C/C(=C\CO)NC(C)CF. The van der Waals surface area contributed by atoms with Crippen LogP contribution in [-0.4, -0.2) is 24.4 Å². The van der Waals surface area contributed by atoms with E-state index in [2.05, 4.69) is 5.32 Å². The molecule has 3 heteroatoms. The van der Waals surface area contributed by atoms with E-state index < -0.39 is 6.67 Å². The molecule has 1 unspecified atom stereocenters. The molecule has 1 atom stereocenters. The standard InChI is InChI=1S/C7H14FNO/c1-6(3-4-10)9-7(2)5-8/h3,7,9-10H,4-5H2,1-2H3/b6-3+. The van der Waals surface area contributed by atoms with Gasteiger partial charge in [0.15, 0.2) is 0 Å². The number of hydrogen-bond donors (Lipinski definition) is 2. The molecular weight excluding hydrogens is 133 g/mol. The Morgan fingerprint density at radius 3 is 2.80 bits per heavy atom. The van der Waals surface area contributed by atoms with Crippen LogP contribution in [0.15, 0.2) is 11.8 Å². The molecule has 2 nitrogen and oxygen atoms in total. The largest absolute Gasteiger partial charge is 0.392 e. The van der Waals surface area contributed by atoms with Gasteiger partial charge in [-0.25, -0.2) is 4.39 Å². The van der Waals surface area contributed by atoms with Gasteiger partial charge in [0.25, 0.3) is 0 Å². The van der Waals surface area contributed by atoms with Crippen LogP contribution in [0.1, 0.15) is 13.8 Å². The normalized spacial score (nSPS) is 15.0. The van der Waals surface area contributed by atoms with Gasteiger partial charge in [-0.3, -0.25) is 0 Å². The van der Waals surface area contributed by atoms with E-state index in [1.165, 1.54) is 0 Å². The van der Waals surface area contributed by atoms with Gasteiger partial charge in [-0.05, 0) is 19.9 Å². The molecule has 0 aliphatic heterocycles. The first-order valence-corrected chi connectivity index (χ1v) is 3.30. The van der Waals surface area contributed by atoms with Crippen LogP contribution in [0.5, 0.6) is 0 Å². The molecule has 0 aromatic heterocycles. The Hall–Kier alpha value is -0.570. The van der Waals surface area contributed by atoms with Gasteiger partial charge in [0.1, 0.15) is 6.67 Å². The molecule has 0 heterocycles. The number of allylic oxidation sites excluding steroid dienone is 1. The molecule has 0 aromatic carbocycles. The van der Waals surface area contributed by atoms with Crippen molar-refractivity contribution in [2.45, 2.75) is 19.9 Å². The van der Waals surface area contributed by atoms with Crippen LogP contribution in [0.2, 0.25) is 0 Å². The lowest BCUT2D eigenvalue weighted by molar-refractivity contribution is 0.339. The molecule has 0 saturated carbocycles. The van der Waals surface area contributed by atoms with Gasteiger partial charge in [-0.1, -0.05) is 0 Å². The Morgan fingerprint density at radius 2 is 2.40 bits per heavy atom. The maximum Gasteiger partial charge on any atom is 0.109 e. The molecule has 2 N–H and O–H groups in total. The molecule has 0 aliphatic carbocycles. The lowest BCUT2D eigenvalue weighted by atomic mass is 10.3. The zero-order valence-electron chi connectivity index (χ0n) is 6.39. The quantitative estimate of drug-likeness (QED) is 0.617. The summed E-state index contributed by atoms with van der Waals surface area (Å²) in [7, 11) is 0. The predicted octanol–water partition coefficient (Wildman–Crippen LogP) is 0.830. The number of alkyl halides is 1. The van der Waals surface area contributed by atoms with E-state index in [4.69, 9.17) is 5.11 Å². The first-order chi connectivity index (χ1) is 4.70. The van der Waals surface area contributed by atoms with Crippen molar-refractivity contribution in [3.05, 3.63) is 11.8 Å². The highest BCUT2D eigenvalue weighted by molar-refractivity contribution is 4.96. The fourth-order valence-corrected chi connectivity index (χ4v) is 0.623. The van der Waals surface area contributed by atoms with Gasteiger partial charge in [0.2, 0.25) is 0 Å². The second-order valence-corrected chi connectivity index (χ2v) is 2.27. The van der Waals surface area contributed by atoms with Gasteiger partial charge in [0, 0.05) is 5.70 Å². The smallest absolute Gasteiger partial charge is 0.109 e. The minimum atomic E-state index is -0.392. The summed E-state index contributed by atoms with van der Waals surface area (Å²) in [5.74, 6) is 0. The van der Waals surface area contributed by atoms with Gasteiger partial charge < -0.3 is 10.4 Å². The Balaban J connectivity index is 3.56. The van der Waals surface area contributed by atoms with E-state index in [0.29, 0.717) is 0 Å². The third-order valence-electron chi connectivity index (χ3n) is 1.10. The Kier molecular flexibility index (Phi) is 4.94. The highest BCUT2D eigenvalue weighted by atomic mass is 19.1. The highest BCUT2D eigenvalue weighted by Gasteiger charge is 1.97. The molecule has 0 bridgehead atoms. The molecule has 60 valence electrons. The monoisotopic (exact) mass is 147 g/mol. The van der Waals surface area contributed by atoms with E-state index in [0.717, 1.165) is 5.70 Å². The van der Waals surface area contributed by atoms with Crippen LogP contribution < -0.4 is 5.32 Å². The molecule has 0 amide bonds. The molecular formula is C7H14FNO. The van der Waals surface area contributed by atoms with Gasteiger partial charge >= 0.3 is 0 Å². The summed E-state index contributed by atoms with van der Waals surface area (Å²) >= 11 is 0. The van der Waals surface area contributed by atoms with Crippen molar-refractivity contribution in [2.75, 3.05) is 13.3 Å². The zero-order chi connectivity index (χ0) is 7.98. The molecule has 0 fully saturated rings. The third-order valence-corrected chi connectivity index (χ3v) is 1.10. The summed E-state index contributed by atoms with van der Waals surface area (Å²) < 4.78 is 11.8. The summed E-state index contributed by atoms with van der Waals surface area (Å²) in [5, 5.41) is 11.3. The minimum absolute atomic E-state index is 0.00214. The van der Waals surface area contributed by atoms with Gasteiger partial charge in [-0.15, -0.1) is 0 Å². The number of rotatable bonds is 4. The summed E-state index contributed by atoms with van der Waals surface area (Å²) in [5.41, 5.74) is 0.813. The topological polar surface area (TPSA) is 32.3 Å². The zero-order valence-corrected chi connectivity index (χ0v) is 6.39. The van der Waals surface area contributed by atoms with Crippen molar-refractivity contribution in [1.29, 1.82) is 0 Å². The average molecular weight is 147 g/mol. The Morgan fingerprint density at radius 1 is 1.80 bits per heavy atom. The van der Waals surface area contributed by atoms with E-state index in [-0.39, 0.29) is 12.6 Å². The van der Waals surface area contributed by atoms with Crippen LogP contribution in [0.4, 0.5) is 4.39 Å². The number of halogens is 1. The second kappa shape index (κ2) is 5.23. The van der Waals surface area contributed by atoms with Gasteiger partial charge in [0.05, 0.1) is 12.6 Å². The first-order valence-electron chi connectivity index (χ1n) is 3.30. The average Bonchev–Trinajstić information content (AvgIpc) is 1.88. The van der Waals surface area contributed by atoms with E-state index in [1.54, 1.807) is 19.9 Å². The molecule has 0 rings (SSSR count). The molecule has 0 radical (unpaired) electrons. The van der Waals surface area contributed by atoms with Gasteiger partial charge in [-0.2, -0.15) is 0 Å². The third kappa shape index (κ3) is 4.32. The maximum atomic E-state index is 11.8. The highest BCUT2D eigenvalue weighted by Crippen LogP contribution is 1.90. The van der Waals surface area contributed by atoms with Crippen molar-refractivity contribution in [2.24, 2.45) is 0 Å². The Bertz CT molecular complexity index is 114. The fraction of sp³-hybridized carbons (Fsp3) is 0.714. The summed E-state index contributed by atoms with van der Waals surface area (Å²) in [4.78, 5) is 0. The summed E-state index contributed by atoms with van der Waals surface area (Å²) in [6.07, 6.45) is 1.60. The molecule has 0 aliphatic rings. The van der Waals surface area contributed by atoms with Crippen molar-refractivity contribution < 1.29 is 9.50 Å². The van der Waals surface area contributed by atoms with Crippen LogP contribution in [0.3, 0.4) is 0 Å². The van der Waals surface area contributed by atoms with E-state index in [9.17, 15) is 4.39 Å². The first kappa shape index (κ1) is 9.43. The van der Waals surface area contributed by atoms with Crippen LogP contribution in [-0.2, 0) is 0 Å². The minimum Gasteiger partial charge on any atom is -0.392 e.